The molecule has 0 unspecified atom stereocenters. The highest BCUT2D eigenvalue weighted by atomic mass is 35.5. The van der Waals surface area contributed by atoms with Gasteiger partial charge in [0, 0.05) is 27.9 Å². The zero-order chi connectivity index (χ0) is 19.9. The number of methoxy groups -OCH3 is 2. The van der Waals surface area contributed by atoms with Crippen LogP contribution in [0, 0.1) is 0 Å². The number of carbonyl (C=O) groups is 1. The van der Waals surface area contributed by atoms with E-state index >= 15 is 0 Å². The number of carbonyl (C=O) groups excluding carboxylic acids is 1. The second-order valence-corrected chi connectivity index (χ2v) is 6.40. The van der Waals surface area contributed by atoms with Gasteiger partial charge < -0.3 is 19.5 Å². The predicted octanol–water partition coefficient (Wildman–Crippen LogP) is 5.19. The van der Waals surface area contributed by atoms with Crippen molar-refractivity contribution in [3.63, 3.8) is 0 Å². The molecule has 0 radical (unpaired) electrons. The molecule has 6 heteroatoms. The van der Waals surface area contributed by atoms with Gasteiger partial charge in [-0.1, -0.05) is 23.7 Å². The standard InChI is InChI=1S/C22H20ClNO4/c1-26-19-7-4-8-20(13-19)28-14-16-11-15(9-10-21(16)27-2)22(25)24-18-6-3-5-17(23)12-18/h3-13H,14H2,1-2H3,(H,24,25). The molecular weight excluding hydrogens is 378 g/mol. The largest absolute Gasteiger partial charge is 0.497 e. The highest BCUT2D eigenvalue weighted by Gasteiger charge is 2.12. The Labute approximate surface area is 168 Å². The maximum Gasteiger partial charge on any atom is 0.255 e. The van der Waals surface area contributed by atoms with Gasteiger partial charge in [0.05, 0.1) is 14.2 Å². The van der Waals surface area contributed by atoms with Crippen molar-refractivity contribution in [2.45, 2.75) is 6.61 Å². The molecule has 0 spiro atoms. The van der Waals surface area contributed by atoms with Crippen LogP contribution in [-0.2, 0) is 6.61 Å². The first-order valence-electron chi connectivity index (χ1n) is 8.59. The summed E-state index contributed by atoms with van der Waals surface area (Å²) in [4.78, 5) is 12.6. The van der Waals surface area contributed by atoms with Gasteiger partial charge in [0.2, 0.25) is 0 Å². The smallest absolute Gasteiger partial charge is 0.255 e. The van der Waals surface area contributed by atoms with Crippen LogP contribution in [0.5, 0.6) is 17.2 Å². The molecule has 0 saturated carbocycles. The summed E-state index contributed by atoms with van der Waals surface area (Å²) in [5.74, 6) is 1.77. The molecule has 0 fully saturated rings. The first-order chi connectivity index (χ1) is 13.6. The van der Waals surface area contributed by atoms with Crippen molar-refractivity contribution in [3.8, 4) is 17.2 Å². The highest BCUT2D eigenvalue weighted by Crippen LogP contribution is 2.25. The Morgan fingerprint density at radius 1 is 0.929 bits per heavy atom. The molecular formula is C22H20ClNO4. The van der Waals surface area contributed by atoms with Crippen LogP contribution in [0.2, 0.25) is 5.02 Å². The molecule has 3 aromatic carbocycles. The first kappa shape index (κ1) is 19.6. The number of halogens is 1. The minimum absolute atomic E-state index is 0.243. The number of hydrogen-bond donors (Lipinski definition) is 1. The molecule has 3 aromatic rings. The normalized spacial score (nSPS) is 10.2. The fraction of sp³-hybridized carbons (Fsp3) is 0.136. The average Bonchev–Trinajstić information content (AvgIpc) is 2.72. The molecule has 5 nitrogen and oxygen atoms in total. The molecule has 0 heterocycles. The van der Waals surface area contributed by atoms with Crippen LogP contribution in [0.4, 0.5) is 5.69 Å². The van der Waals surface area contributed by atoms with Gasteiger partial charge in [0.25, 0.3) is 5.91 Å². The maximum absolute atomic E-state index is 12.6. The van der Waals surface area contributed by atoms with Gasteiger partial charge in [0.1, 0.15) is 23.9 Å². The van der Waals surface area contributed by atoms with Gasteiger partial charge in [-0.25, -0.2) is 0 Å². The van der Waals surface area contributed by atoms with E-state index in [0.717, 1.165) is 5.56 Å². The quantitative estimate of drug-likeness (QED) is 0.596. The van der Waals surface area contributed by atoms with Crippen LogP contribution in [0.15, 0.2) is 66.7 Å². The number of nitrogens with one attached hydrogen (secondary N) is 1. The lowest BCUT2D eigenvalue weighted by Gasteiger charge is -2.13. The molecule has 0 bridgehead atoms. The second kappa shape index (κ2) is 9.15. The lowest BCUT2D eigenvalue weighted by atomic mass is 10.1. The van der Waals surface area contributed by atoms with E-state index in [9.17, 15) is 4.79 Å². The Kier molecular flexibility index (Phi) is 6.40. The zero-order valence-corrected chi connectivity index (χ0v) is 16.3. The van der Waals surface area contributed by atoms with E-state index in [4.69, 9.17) is 25.8 Å². The van der Waals surface area contributed by atoms with Crippen LogP contribution in [0.1, 0.15) is 15.9 Å². The molecule has 0 aliphatic rings. The van der Waals surface area contributed by atoms with Crippen molar-refractivity contribution in [1.29, 1.82) is 0 Å². The van der Waals surface area contributed by atoms with E-state index in [1.54, 1.807) is 62.8 Å². The third-order valence-corrected chi connectivity index (χ3v) is 4.30. The Morgan fingerprint density at radius 3 is 2.46 bits per heavy atom. The monoisotopic (exact) mass is 397 g/mol. The van der Waals surface area contributed by atoms with Gasteiger partial charge >= 0.3 is 0 Å². The summed E-state index contributed by atoms with van der Waals surface area (Å²) in [6.07, 6.45) is 0. The molecule has 0 saturated heterocycles. The topological polar surface area (TPSA) is 56.8 Å². The van der Waals surface area contributed by atoms with E-state index in [0.29, 0.717) is 33.5 Å². The SMILES string of the molecule is COc1cccc(OCc2cc(C(=O)Nc3cccc(Cl)c3)ccc2OC)c1. The minimum Gasteiger partial charge on any atom is -0.497 e. The number of ether oxygens (including phenoxy) is 3. The van der Waals surface area contributed by atoms with Crippen LogP contribution in [0.3, 0.4) is 0 Å². The molecule has 1 N–H and O–H groups in total. The molecule has 0 aliphatic heterocycles. The second-order valence-electron chi connectivity index (χ2n) is 5.96. The van der Waals surface area contributed by atoms with E-state index in [2.05, 4.69) is 5.32 Å². The predicted molar refractivity (Wildman–Crippen MR) is 110 cm³/mol. The Morgan fingerprint density at radius 2 is 1.71 bits per heavy atom. The van der Waals surface area contributed by atoms with Crippen molar-refractivity contribution >= 4 is 23.2 Å². The zero-order valence-electron chi connectivity index (χ0n) is 15.6. The number of hydrogen-bond acceptors (Lipinski definition) is 4. The Balaban J connectivity index is 1.76. The van der Waals surface area contributed by atoms with Crippen LogP contribution < -0.4 is 19.5 Å². The number of rotatable bonds is 7. The third-order valence-electron chi connectivity index (χ3n) is 4.06. The molecule has 0 aliphatic carbocycles. The average molecular weight is 398 g/mol. The lowest BCUT2D eigenvalue weighted by Crippen LogP contribution is -2.12. The van der Waals surface area contributed by atoms with Crippen LogP contribution >= 0.6 is 11.6 Å². The lowest BCUT2D eigenvalue weighted by molar-refractivity contribution is 0.102. The van der Waals surface area contributed by atoms with Crippen LogP contribution in [0.25, 0.3) is 0 Å². The van der Waals surface area contributed by atoms with E-state index in [1.807, 2.05) is 18.2 Å². The van der Waals surface area contributed by atoms with E-state index in [1.165, 1.54) is 0 Å². The number of anilines is 1. The molecule has 0 aromatic heterocycles. The molecule has 0 atom stereocenters. The Bertz CT molecular complexity index is 974. The van der Waals surface area contributed by atoms with Gasteiger partial charge in [-0.3, -0.25) is 4.79 Å². The van der Waals surface area contributed by atoms with Crippen molar-refractivity contribution in [2.24, 2.45) is 0 Å². The molecule has 1 amide bonds. The van der Waals surface area contributed by atoms with Crippen molar-refractivity contribution < 1.29 is 19.0 Å². The van der Waals surface area contributed by atoms with E-state index < -0.39 is 0 Å². The fourth-order valence-electron chi connectivity index (χ4n) is 2.65. The summed E-state index contributed by atoms with van der Waals surface area (Å²) in [5.41, 5.74) is 1.87. The summed E-state index contributed by atoms with van der Waals surface area (Å²) < 4.78 is 16.4. The summed E-state index contributed by atoms with van der Waals surface area (Å²) in [7, 11) is 3.18. The summed E-state index contributed by atoms with van der Waals surface area (Å²) >= 11 is 5.97. The van der Waals surface area contributed by atoms with Crippen LogP contribution in [-0.4, -0.2) is 20.1 Å². The van der Waals surface area contributed by atoms with Gasteiger partial charge in [0.15, 0.2) is 0 Å². The molecule has 3 rings (SSSR count). The van der Waals surface area contributed by atoms with Crippen molar-refractivity contribution in [1.82, 2.24) is 0 Å². The number of amides is 1. The van der Waals surface area contributed by atoms with Gasteiger partial charge in [-0.05, 0) is 48.5 Å². The van der Waals surface area contributed by atoms with Crippen molar-refractivity contribution in [3.05, 3.63) is 82.9 Å². The van der Waals surface area contributed by atoms with Gasteiger partial charge in [-0.15, -0.1) is 0 Å². The molecule has 144 valence electrons. The molecule has 28 heavy (non-hydrogen) atoms. The summed E-state index contributed by atoms with van der Waals surface area (Å²) in [5, 5.41) is 3.39. The van der Waals surface area contributed by atoms with Gasteiger partial charge in [-0.2, -0.15) is 0 Å². The summed E-state index contributed by atoms with van der Waals surface area (Å²) in [6.45, 7) is 0.245. The third kappa shape index (κ3) is 4.96. The highest BCUT2D eigenvalue weighted by molar-refractivity contribution is 6.30. The minimum atomic E-state index is -0.243. The van der Waals surface area contributed by atoms with E-state index in [-0.39, 0.29) is 12.5 Å². The first-order valence-corrected chi connectivity index (χ1v) is 8.97. The Hall–Kier alpha value is -3.18. The summed E-state index contributed by atoms with van der Waals surface area (Å²) in [6, 6.07) is 19.5. The number of benzene rings is 3. The maximum atomic E-state index is 12.6. The fourth-order valence-corrected chi connectivity index (χ4v) is 2.84. The van der Waals surface area contributed by atoms with Crippen molar-refractivity contribution in [2.75, 3.05) is 19.5 Å².